The molecule has 2 nitrogen and oxygen atoms in total. The molecular weight excluding hydrogens is 255 g/mol. The second-order valence-corrected chi connectivity index (χ2v) is 4.28. The third kappa shape index (κ3) is 2.57. The highest BCUT2D eigenvalue weighted by Crippen LogP contribution is 2.28. The van der Waals surface area contributed by atoms with Crippen LogP contribution < -0.4 is 4.74 Å². The second kappa shape index (κ2) is 5.27. The summed E-state index contributed by atoms with van der Waals surface area (Å²) < 4.78 is 18.7. The first-order valence-electron chi connectivity index (χ1n) is 5.44. The molecule has 0 saturated carbocycles. The van der Waals surface area contributed by atoms with Gasteiger partial charge in [-0.3, -0.25) is 0 Å². The number of aromatic hydroxyl groups is 1. The van der Waals surface area contributed by atoms with Crippen LogP contribution in [0.2, 0.25) is 5.02 Å². The van der Waals surface area contributed by atoms with Crippen LogP contribution >= 0.6 is 11.6 Å². The Labute approximate surface area is 110 Å². The van der Waals surface area contributed by atoms with Gasteiger partial charge in [-0.2, -0.15) is 0 Å². The van der Waals surface area contributed by atoms with Crippen LogP contribution in [0.4, 0.5) is 4.39 Å². The maximum absolute atomic E-state index is 13.2. The molecule has 94 valence electrons. The fourth-order valence-corrected chi connectivity index (χ4v) is 1.76. The van der Waals surface area contributed by atoms with Crippen LogP contribution in [-0.2, 0) is 6.61 Å². The zero-order chi connectivity index (χ0) is 13.1. The Morgan fingerprint density at radius 2 is 1.94 bits per heavy atom. The minimum absolute atomic E-state index is 0.0651. The number of hydrogen-bond acceptors (Lipinski definition) is 2. The van der Waals surface area contributed by atoms with Gasteiger partial charge in [0.25, 0.3) is 0 Å². The van der Waals surface area contributed by atoms with Gasteiger partial charge in [-0.05, 0) is 25.1 Å². The highest BCUT2D eigenvalue weighted by atomic mass is 35.5. The molecule has 0 heterocycles. The monoisotopic (exact) mass is 266 g/mol. The highest BCUT2D eigenvalue weighted by Gasteiger charge is 2.08. The van der Waals surface area contributed by atoms with E-state index in [9.17, 15) is 9.50 Å². The summed E-state index contributed by atoms with van der Waals surface area (Å²) in [5.41, 5.74) is 1.21. The minimum Gasteiger partial charge on any atom is -0.508 e. The molecule has 0 aliphatic carbocycles. The van der Waals surface area contributed by atoms with E-state index in [2.05, 4.69) is 0 Å². The van der Waals surface area contributed by atoms with Gasteiger partial charge in [0, 0.05) is 11.1 Å². The minimum atomic E-state index is -0.467. The van der Waals surface area contributed by atoms with Crippen molar-refractivity contribution in [2.24, 2.45) is 0 Å². The first-order valence-corrected chi connectivity index (χ1v) is 5.81. The number of phenols is 1. The Morgan fingerprint density at radius 1 is 1.22 bits per heavy atom. The lowest BCUT2D eigenvalue weighted by Gasteiger charge is -2.11. The quantitative estimate of drug-likeness (QED) is 0.907. The van der Waals surface area contributed by atoms with E-state index in [0.29, 0.717) is 16.9 Å². The van der Waals surface area contributed by atoms with E-state index >= 15 is 0 Å². The molecule has 0 aliphatic heterocycles. The Morgan fingerprint density at radius 3 is 2.72 bits per heavy atom. The molecule has 0 fully saturated rings. The van der Waals surface area contributed by atoms with Crippen LogP contribution in [0.3, 0.4) is 0 Å². The molecule has 0 radical (unpaired) electrons. The summed E-state index contributed by atoms with van der Waals surface area (Å²) in [5.74, 6) is 0.249. The first kappa shape index (κ1) is 12.7. The Kier molecular flexibility index (Phi) is 3.72. The van der Waals surface area contributed by atoms with E-state index in [-0.39, 0.29) is 17.4 Å². The normalized spacial score (nSPS) is 10.4. The SMILES string of the molecule is Cc1c(O)cccc1OCc1cccc(F)c1Cl. The summed E-state index contributed by atoms with van der Waals surface area (Å²) in [7, 11) is 0. The van der Waals surface area contributed by atoms with Gasteiger partial charge >= 0.3 is 0 Å². The van der Waals surface area contributed by atoms with Crippen molar-refractivity contribution < 1.29 is 14.2 Å². The Bertz CT molecular complexity index is 518. The fraction of sp³-hybridized carbons (Fsp3) is 0.143. The molecule has 0 spiro atoms. The molecule has 0 atom stereocenters. The largest absolute Gasteiger partial charge is 0.508 e. The fourth-order valence-electron chi connectivity index (χ4n) is 1.57. The maximum atomic E-state index is 13.2. The van der Waals surface area contributed by atoms with Gasteiger partial charge in [0.1, 0.15) is 23.9 Å². The van der Waals surface area contributed by atoms with Crippen LogP contribution in [0.1, 0.15) is 11.1 Å². The predicted molar refractivity (Wildman–Crippen MR) is 68.6 cm³/mol. The molecule has 0 aliphatic rings. The first-order chi connectivity index (χ1) is 8.59. The van der Waals surface area contributed by atoms with Crippen molar-refractivity contribution in [3.05, 3.63) is 58.4 Å². The summed E-state index contributed by atoms with van der Waals surface area (Å²) >= 11 is 5.83. The van der Waals surface area contributed by atoms with Crippen LogP contribution in [0.15, 0.2) is 36.4 Å². The summed E-state index contributed by atoms with van der Waals surface area (Å²) in [6.45, 7) is 1.90. The van der Waals surface area contributed by atoms with E-state index in [1.165, 1.54) is 6.07 Å². The lowest BCUT2D eigenvalue weighted by molar-refractivity contribution is 0.301. The molecule has 0 unspecified atom stereocenters. The van der Waals surface area contributed by atoms with Gasteiger partial charge in [0.2, 0.25) is 0 Å². The van der Waals surface area contributed by atoms with Crippen LogP contribution in [0.25, 0.3) is 0 Å². The highest BCUT2D eigenvalue weighted by molar-refractivity contribution is 6.31. The van der Waals surface area contributed by atoms with Crippen molar-refractivity contribution in [3.8, 4) is 11.5 Å². The second-order valence-electron chi connectivity index (χ2n) is 3.90. The predicted octanol–water partition coefficient (Wildman–Crippen LogP) is 4.07. The van der Waals surface area contributed by atoms with Crippen LogP contribution in [0, 0.1) is 12.7 Å². The van der Waals surface area contributed by atoms with E-state index in [4.69, 9.17) is 16.3 Å². The van der Waals surface area contributed by atoms with Crippen molar-refractivity contribution >= 4 is 11.6 Å². The zero-order valence-corrected chi connectivity index (χ0v) is 10.5. The molecule has 2 rings (SSSR count). The molecule has 0 saturated heterocycles. The summed E-state index contributed by atoms with van der Waals surface area (Å²) in [6, 6.07) is 9.58. The number of phenolic OH excluding ortho intramolecular Hbond substituents is 1. The van der Waals surface area contributed by atoms with Gasteiger partial charge in [-0.15, -0.1) is 0 Å². The average molecular weight is 267 g/mol. The van der Waals surface area contributed by atoms with Crippen LogP contribution in [0.5, 0.6) is 11.5 Å². The molecule has 0 bridgehead atoms. The summed E-state index contributed by atoms with van der Waals surface area (Å²) in [4.78, 5) is 0. The number of halogens is 2. The number of benzene rings is 2. The van der Waals surface area contributed by atoms with E-state index < -0.39 is 5.82 Å². The molecule has 2 aromatic carbocycles. The summed E-state index contributed by atoms with van der Waals surface area (Å²) in [6.07, 6.45) is 0. The van der Waals surface area contributed by atoms with Crippen molar-refractivity contribution in [1.29, 1.82) is 0 Å². The lowest BCUT2D eigenvalue weighted by Crippen LogP contribution is -1.98. The topological polar surface area (TPSA) is 29.5 Å². The van der Waals surface area contributed by atoms with Gasteiger partial charge < -0.3 is 9.84 Å². The number of hydrogen-bond donors (Lipinski definition) is 1. The van der Waals surface area contributed by atoms with E-state index in [1.807, 2.05) is 0 Å². The maximum Gasteiger partial charge on any atom is 0.142 e. The molecule has 2 aromatic rings. The van der Waals surface area contributed by atoms with Crippen molar-refractivity contribution in [2.75, 3.05) is 0 Å². The zero-order valence-electron chi connectivity index (χ0n) is 9.78. The lowest BCUT2D eigenvalue weighted by atomic mass is 10.2. The van der Waals surface area contributed by atoms with E-state index in [1.54, 1.807) is 37.3 Å². The van der Waals surface area contributed by atoms with Crippen LogP contribution in [-0.4, -0.2) is 5.11 Å². The number of rotatable bonds is 3. The smallest absolute Gasteiger partial charge is 0.142 e. The third-order valence-electron chi connectivity index (χ3n) is 2.67. The van der Waals surface area contributed by atoms with Gasteiger partial charge in [-0.25, -0.2) is 4.39 Å². The molecular formula is C14H12ClFO2. The average Bonchev–Trinajstić information content (AvgIpc) is 2.36. The summed E-state index contributed by atoms with van der Waals surface area (Å²) in [5, 5.41) is 9.60. The third-order valence-corrected chi connectivity index (χ3v) is 3.09. The standard InChI is InChI=1S/C14H12ClFO2/c1-9-12(17)6-3-7-13(9)18-8-10-4-2-5-11(16)14(10)15/h2-7,17H,8H2,1H3. The van der Waals surface area contributed by atoms with Crippen molar-refractivity contribution in [1.82, 2.24) is 0 Å². The molecule has 18 heavy (non-hydrogen) atoms. The van der Waals surface area contributed by atoms with E-state index in [0.717, 1.165) is 0 Å². The molecule has 4 heteroatoms. The molecule has 0 amide bonds. The Balaban J connectivity index is 2.17. The van der Waals surface area contributed by atoms with Crippen molar-refractivity contribution in [3.63, 3.8) is 0 Å². The Hall–Kier alpha value is -1.74. The number of ether oxygens (including phenoxy) is 1. The van der Waals surface area contributed by atoms with Gasteiger partial charge in [-0.1, -0.05) is 29.8 Å². The molecule has 0 aromatic heterocycles. The van der Waals surface area contributed by atoms with Gasteiger partial charge in [0.05, 0.1) is 5.02 Å². The van der Waals surface area contributed by atoms with Gasteiger partial charge in [0.15, 0.2) is 0 Å². The molecule has 1 N–H and O–H groups in total. The van der Waals surface area contributed by atoms with Crippen molar-refractivity contribution in [2.45, 2.75) is 13.5 Å².